The van der Waals surface area contributed by atoms with Gasteiger partial charge < -0.3 is 14.5 Å². The molecule has 0 bridgehead atoms. The minimum atomic E-state index is 0.209. The third kappa shape index (κ3) is 3.05. The minimum absolute atomic E-state index is 0.209. The van der Waals surface area contributed by atoms with Crippen LogP contribution in [-0.4, -0.2) is 60.6 Å². The van der Waals surface area contributed by atoms with Gasteiger partial charge in [0.05, 0.1) is 6.61 Å². The molecule has 0 radical (unpaired) electrons. The second kappa shape index (κ2) is 6.12. The largest absolute Gasteiger partial charge is 0.381 e. The van der Waals surface area contributed by atoms with Crippen LogP contribution in [0, 0.1) is 11.8 Å². The molecule has 2 atom stereocenters. The van der Waals surface area contributed by atoms with E-state index in [1.165, 1.54) is 58.2 Å². The van der Waals surface area contributed by atoms with Gasteiger partial charge in [-0.15, -0.1) is 0 Å². The third-order valence-corrected chi connectivity index (χ3v) is 6.37. The van der Waals surface area contributed by atoms with Gasteiger partial charge in [-0.05, 0) is 63.3 Å². The maximum atomic E-state index is 12.4. The third-order valence-electron chi connectivity index (χ3n) is 6.37. The SMILES string of the molecule is O=C1CCC2(CCCN(CC3CCOC3)CC2)N1CC1CC1. The van der Waals surface area contributed by atoms with Gasteiger partial charge in [0.2, 0.25) is 5.91 Å². The van der Waals surface area contributed by atoms with Crippen molar-refractivity contribution in [3.63, 3.8) is 0 Å². The molecule has 4 aliphatic rings. The zero-order chi connectivity index (χ0) is 15.0. The molecule has 3 heterocycles. The molecule has 124 valence electrons. The second-order valence-corrected chi connectivity index (χ2v) is 8.06. The standard InChI is InChI=1S/C18H30N2O2/c21-17-4-7-18(20(17)13-15-2-3-15)6-1-9-19(10-8-18)12-16-5-11-22-14-16/h15-16H,1-14H2. The fourth-order valence-corrected chi connectivity index (χ4v) is 4.76. The summed E-state index contributed by atoms with van der Waals surface area (Å²) in [5, 5.41) is 0. The maximum absolute atomic E-state index is 12.4. The Morgan fingerprint density at radius 2 is 1.95 bits per heavy atom. The number of amides is 1. The van der Waals surface area contributed by atoms with Gasteiger partial charge in [0, 0.05) is 38.2 Å². The molecule has 0 aromatic carbocycles. The monoisotopic (exact) mass is 306 g/mol. The summed E-state index contributed by atoms with van der Waals surface area (Å²) in [4.78, 5) is 17.3. The van der Waals surface area contributed by atoms with E-state index in [2.05, 4.69) is 9.80 Å². The summed E-state index contributed by atoms with van der Waals surface area (Å²) in [6, 6.07) is 0. The van der Waals surface area contributed by atoms with Crippen molar-refractivity contribution in [3.8, 4) is 0 Å². The van der Waals surface area contributed by atoms with E-state index in [9.17, 15) is 4.79 Å². The Morgan fingerprint density at radius 1 is 1.05 bits per heavy atom. The molecule has 4 heteroatoms. The fourth-order valence-electron chi connectivity index (χ4n) is 4.76. The van der Waals surface area contributed by atoms with Crippen LogP contribution < -0.4 is 0 Å². The average molecular weight is 306 g/mol. The molecule has 1 aliphatic carbocycles. The van der Waals surface area contributed by atoms with Gasteiger partial charge in [-0.2, -0.15) is 0 Å². The molecule has 3 aliphatic heterocycles. The number of hydrogen-bond donors (Lipinski definition) is 0. The molecular weight excluding hydrogens is 276 g/mol. The van der Waals surface area contributed by atoms with Crippen molar-refractivity contribution in [2.24, 2.45) is 11.8 Å². The van der Waals surface area contributed by atoms with Gasteiger partial charge in [-0.3, -0.25) is 4.79 Å². The van der Waals surface area contributed by atoms with Crippen molar-refractivity contribution in [3.05, 3.63) is 0 Å². The molecule has 0 aromatic heterocycles. The van der Waals surface area contributed by atoms with Gasteiger partial charge in [-0.25, -0.2) is 0 Å². The van der Waals surface area contributed by atoms with Crippen molar-refractivity contribution < 1.29 is 9.53 Å². The van der Waals surface area contributed by atoms with Crippen LogP contribution in [0.2, 0.25) is 0 Å². The second-order valence-electron chi connectivity index (χ2n) is 8.06. The highest BCUT2D eigenvalue weighted by molar-refractivity contribution is 5.79. The first-order valence-corrected chi connectivity index (χ1v) is 9.36. The Bertz CT molecular complexity index is 417. The summed E-state index contributed by atoms with van der Waals surface area (Å²) < 4.78 is 5.53. The van der Waals surface area contributed by atoms with Crippen LogP contribution in [0.5, 0.6) is 0 Å². The Balaban J connectivity index is 1.38. The first kappa shape index (κ1) is 14.9. The number of ether oxygens (including phenoxy) is 1. The highest BCUT2D eigenvalue weighted by Gasteiger charge is 2.47. The predicted molar refractivity (Wildman–Crippen MR) is 85.6 cm³/mol. The number of nitrogens with zero attached hydrogens (tertiary/aromatic N) is 2. The van der Waals surface area contributed by atoms with E-state index in [1.54, 1.807) is 0 Å². The minimum Gasteiger partial charge on any atom is -0.381 e. The molecule has 1 amide bonds. The summed E-state index contributed by atoms with van der Waals surface area (Å²) in [5.41, 5.74) is 0.209. The van der Waals surface area contributed by atoms with Gasteiger partial charge in [0.25, 0.3) is 0 Å². The summed E-state index contributed by atoms with van der Waals surface area (Å²) in [5.74, 6) is 1.99. The van der Waals surface area contributed by atoms with E-state index < -0.39 is 0 Å². The van der Waals surface area contributed by atoms with Crippen LogP contribution in [0.15, 0.2) is 0 Å². The van der Waals surface area contributed by atoms with Gasteiger partial charge in [0.1, 0.15) is 0 Å². The quantitative estimate of drug-likeness (QED) is 0.799. The molecular formula is C18H30N2O2. The van der Waals surface area contributed by atoms with Crippen molar-refractivity contribution in [1.82, 2.24) is 9.80 Å². The average Bonchev–Trinajstić information content (AvgIpc) is 3.16. The van der Waals surface area contributed by atoms with E-state index in [-0.39, 0.29) is 5.54 Å². The van der Waals surface area contributed by atoms with E-state index in [0.29, 0.717) is 5.91 Å². The summed E-state index contributed by atoms with van der Waals surface area (Å²) in [6.07, 6.45) is 9.49. The highest BCUT2D eigenvalue weighted by atomic mass is 16.5. The van der Waals surface area contributed by atoms with Crippen molar-refractivity contribution in [1.29, 1.82) is 0 Å². The Morgan fingerprint density at radius 3 is 2.73 bits per heavy atom. The van der Waals surface area contributed by atoms with Crippen LogP contribution in [0.1, 0.15) is 51.4 Å². The molecule has 4 nitrogen and oxygen atoms in total. The number of rotatable bonds is 4. The topological polar surface area (TPSA) is 32.8 Å². The van der Waals surface area contributed by atoms with Gasteiger partial charge in [-0.1, -0.05) is 0 Å². The number of likely N-dealkylation sites (tertiary alicyclic amines) is 2. The summed E-state index contributed by atoms with van der Waals surface area (Å²) in [6.45, 7) is 6.54. The van der Waals surface area contributed by atoms with Crippen LogP contribution >= 0.6 is 0 Å². The Labute approximate surface area is 134 Å². The molecule has 4 rings (SSSR count). The lowest BCUT2D eigenvalue weighted by atomic mass is 9.87. The Hall–Kier alpha value is -0.610. The number of hydrogen-bond acceptors (Lipinski definition) is 3. The predicted octanol–water partition coefficient (Wildman–Crippen LogP) is 2.28. The first-order valence-electron chi connectivity index (χ1n) is 9.36. The van der Waals surface area contributed by atoms with E-state index in [4.69, 9.17) is 4.74 Å². The van der Waals surface area contributed by atoms with Crippen molar-refractivity contribution in [2.45, 2.75) is 56.9 Å². The first-order chi connectivity index (χ1) is 10.8. The zero-order valence-electron chi connectivity index (χ0n) is 13.8. The fraction of sp³-hybridized carbons (Fsp3) is 0.944. The van der Waals surface area contributed by atoms with Crippen LogP contribution in [0.3, 0.4) is 0 Å². The Kier molecular flexibility index (Phi) is 4.16. The van der Waals surface area contributed by atoms with Gasteiger partial charge in [0.15, 0.2) is 0 Å². The smallest absolute Gasteiger partial charge is 0.223 e. The maximum Gasteiger partial charge on any atom is 0.223 e. The lowest BCUT2D eigenvalue weighted by molar-refractivity contribution is -0.131. The van der Waals surface area contributed by atoms with Crippen LogP contribution in [0.25, 0.3) is 0 Å². The zero-order valence-corrected chi connectivity index (χ0v) is 13.8. The van der Waals surface area contributed by atoms with Crippen molar-refractivity contribution >= 4 is 5.91 Å². The lowest BCUT2D eigenvalue weighted by Crippen LogP contribution is -2.47. The molecule has 0 aromatic rings. The normalized spacial score (nSPS) is 37.2. The van der Waals surface area contributed by atoms with Crippen LogP contribution in [0.4, 0.5) is 0 Å². The molecule has 0 N–H and O–H groups in total. The molecule has 22 heavy (non-hydrogen) atoms. The van der Waals surface area contributed by atoms with E-state index in [1.807, 2.05) is 0 Å². The molecule has 4 fully saturated rings. The molecule has 3 saturated heterocycles. The molecule has 1 saturated carbocycles. The van der Waals surface area contributed by atoms with E-state index in [0.717, 1.165) is 44.4 Å². The molecule has 2 unspecified atom stereocenters. The highest BCUT2D eigenvalue weighted by Crippen LogP contribution is 2.42. The number of carbonyl (C=O) groups excluding carboxylic acids is 1. The van der Waals surface area contributed by atoms with Gasteiger partial charge >= 0.3 is 0 Å². The van der Waals surface area contributed by atoms with Crippen LogP contribution in [-0.2, 0) is 9.53 Å². The number of carbonyl (C=O) groups is 1. The summed E-state index contributed by atoms with van der Waals surface area (Å²) in [7, 11) is 0. The summed E-state index contributed by atoms with van der Waals surface area (Å²) >= 11 is 0. The van der Waals surface area contributed by atoms with E-state index >= 15 is 0 Å². The van der Waals surface area contributed by atoms with Crippen molar-refractivity contribution in [2.75, 3.05) is 39.4 Å². The lowest BCUT2D eigenvalue weighted by Gasteiger charge is -2.38. The molecule has 1 spiro atoms.